The van der Waals surface area contributed by atoms with Crippen LogP contribution >= 0.6 is 0 Å². The number of fused-ring (bicyclic) bond motifs is 1. The monoisotopic (exact) mass is 361 g/mol. The number of hydrogen-bond acceptors (Lipinski definition) is 3. The van der Waals surface area contributed by atoms with E-state index in [9.17, 15) is 5.11 Å². The Balaban J connectivity index is 0.000000531. The van der Waals surface area contributed by atoms with Crippen LogP contribution < -0.4 is 0 Å². The summed E-state index contributed by atoms with van der Waals surface area (Å²) in [4.78, 5) is 11.8. The molecule has 14 heavy (non-hydrogen) atoms. The van der Waals surface area contributed by atoms with E-state index in [-0.39, 0.29) is 26.2 Å². The van der Waals surface area contributed by atoms with Crippen LogP contribution in [0.3, 0.4) is 0 Å². The summed E-state index contributed by atoms with van der Waals surface area (Å²) in [5, 5.41) is 10.3. The number of aromatic nitrogens is 1. The van der Waals surface area contributed by atoms with Crippen molar-refractivity contribution in [1.29, 1.82) is 0 Å². The third-order valence-corrected chi connectivity index (χ3v) is 1.61. The van der Waals surface area contributed by atoms with Gasteiger partial charge in [-0.25, -0.2) is 0 Å². The number of para-hydroxylation sites is 1. The van der Waals surface area contributed by atoms with Crippen LogP contribution in [-0.2, 0) is 25.2 Å². The third kappa shape index (κ3) is 2.63. The van der Waals surface area contributed by atoms with Crippen molar-refractivity contribution in [2.24, 2.45) is 0 Å². The van der Waals surface area contributed by atoms with Crippen LogP contribution in [0.1, 0.15) is 0 Å². The van der Waals surface area contributed by atoms with Gasteiger partial charge in [-0.05, 0) is 12.1 Å². The number of benzene rings is 1. The molecule has 4 heteroatoms. The van der Waals surface area contributed by atoms with Gasteiger partial charge >= 0.3 is 0 Å². The standard InChI is InChI=1S/C9H7NO.CHO.Re/c11-8-5-1-3-7-4-2-6-10-9(7)8;1-2;/h1-6,11H;1H;/q;-1;. The molecule has 1 heterocycles. The summed E-state index contributed by atoms with van der Waals surface area (Å²) >= 11 is 0. The Morgan fingerprint density at radius 3 is 2.43 bits per heavy atom. The predicted octanol–water partition coefficient (Wildman–Crippen LogP) is 1.66. The van der Waals surface area contributed by atoms with Gasteiger partial charge in [0.05, 0.1) is 0 Å². The maximum atomic E-state index is 9.31. The number of rotatable bonds is 0. The Bertz CT molecular complexity index is 401. The zero-order chi connectivity index (χ0) is 9.68. The van der Waals surface area contributed by atoms with E-state index in [0.717, 1.165) is 5.39 Å². The van der Waals surface area contributed by atoms with Crippen LogP contribution in [0.15, 0.2) is 36.5 Å². The van der Waals surface area contributed by atoms with Gasteiger partial charge in [-0.1, -0.05) is 18.2 Å². The molecule has 0 bridgehead atoms. The van der Waals surface area contributed by atoms with E-state index in [1.165, 1.54) is 0 Å². The number of aromatic hydroxyl groups is 1. The van der Waals surface area contributed by atoms with Gasteiger partial charge < -0.3 is 9.90 Å². The topological polar surface area (TPSA) is 50.2 Å². The Morgan fingerprint density at radius 1 is 1.14 bits per heavy atom. The van der Waals surface area contributed by atoms with Gasteiger partial charge in [0.1, 0.15) is 11.3 Å². The minimum atomic E-state index is 0. The van der Waals surface area contributed by atoms with E-state index in [1.54, 1.807) is 18.3 Å². The quantitative estimate of drug-likeness (QED) is 0.574. The molecule has 0 unspecified atom stereocenters. The van der Waals surface area contributed by atoms with Crippen molar-refractivity contribution in [3.63, 3.8) is 0 Å². The van der Waals surface area contributed by atoms with Gasteiger partial charge in [0.15, 0.2) is 0 Å². The van der Waals surface area contributed by atoms with Crippen molar-refractivity contribution in [3.05, 3.63) is 36.5 Å². The molecule has 1 aromatic carbocycles. The van der Waals surface area contributed by atoms with E-state index in [1.807, 2.05) is 18.2 Å². The molecule has 0 saturated heterocycles. The summed E-state index contributed by atoms with van der Waals surface area (Å²) in [6, 6.07) is 9.13. The summed E-state index contributed by atoms with van der Waals surface area (Å²) in [7, 11) is 0. The van der Waals surface area contributed by atoms with Gasteiger partial charge in [0.25, 0.3) is 0 Å². The second-order valence-corrected chi connectivity index (χ2v) is 2.35. The molecule has 0 aliphatic rings. The van der Waals surface area contributed by atoms with E-state index < -0.39 is 0 Å². The molecule has 2 aromatic rings. The largest absolute Gasteiger partial charge is 0.545 e. The van der Waals surface area contributed by atoms with E-state index in [0.29, 0.717) is 5.52 Å². The zero-order valence-corrected chi connectivity index (χ0v) is 9.94. The first-order valence-corrected chi connectivity index (χ1v) is 3.64. The average molecular weight is 360 g/mol. The molecule has 2 rings (SSSR count). The number of carbonyl (C=O) groups excluding carboxylic acids is 1. The first-order chi connectivity index (χ1) is 6.38. The maximum absolute atomic E-state index is 9.31. The van der Waals surface area contributed by atoms with Crippen molar-refractivity contribution in [1.82, 2.24) is 4.98 Å². The van der Waals surface area contributed by atoms with E-state index >= 15 is 0 Å². The Morgan fingerprint density at radius 2 is 1.79 bits per heavy atom. The smallest absolute Gasteiger partial charge is 0.141 e. The summed E-state index contributed by atoms with van der Waals surface area (Å²) < 4.78 is 0. The SMILES string of the molecule is Oc1cccc2cccnc12.[CH-]=O.[Re]. The van der Waals surface area contributed by atoms with E-state index in [4.69, 9.17) is 4.79 Å². The summed E-state index contributed by atoms with van der Waals surface area (Å²) in [5.74, 6) is 0.239. The molecule has 0 atom stereocenters. The molecule has 0 spiro atoms. The zero-order valence-electron chi connectivity index (χ0n) is 7.22. The molecule has 0 aliphatic carbocycles. The average Bonchev–Trinajstić information content (AvgIpc) is 2.22. The molecular weight excluding hydrogens is 352 g/mol. The second-order valence-electron chi connectivity index (χ2n) is 2.35. The predicted molar refractivity (Wildman–Crippen MR) is 50.2 cm³/mol. The maximum Gasteiger partial charge on any atom is 0.141 e. The normalized spacial score (nSPS) is 8.29. The minimum Gasteiger partial charge on any atom is -0.545 e. The molecule has 73 valence electrons. The molecule has 0 aliphatic heterocycles. The Kier molecular flexibility index (Phi) is 5.70. The molecule has 1 N–H and O–H groups in total. The third-order valence-electron chi connectivity index (χ3n) is 1.61. The fourth-order valence-corrected chi connectivity index (χ4v) is 1.09. The van der Waals surface area contributed by atoms with Crippen molar-refractivity contribution in [3.8, 4) is 5.75 Å². The van der Waals surface area contributed by atoms with Crippen molar-refractivity contribution in [2.75, 3.05) is 0 Å². The Hall–Kier alpha value is -1.24. The first-order valence-electron chi connectivity index (χ1n) is 3.64. The number of pyridine rings is 1. The first kappa shape index (κ1) is 12.8. The minimum absolute atomic E-state index is 0. The number of nitrogens with zero attached hydrogens (tertiary/aromatic N) is 1. The molecule has 3 nitrogen and oxygen atoms in total. The van der Waals surface area contributed by atoms with Crippen LogP contribution in [0.2, 0.25) is 0 Å². The fourth-order valence-electron chi connectivity index (χ4n) is 1.09. The molecule has 1 radical (unpaired) electrons. The molecule has 0 amide bonds. The van der Waals surface area contributed by atoms with E-state index in [2.05, 4.69) is 11.8 Å². The fraction of sp³-hybridized carbons (Fsp3) is 0. The Labute approximate surface area is 95.4 Å². The van der Waals surface area contributed by atoms with Crippen LogP contribution in [0.4, 0.5) is 0 Å². The summed E-state index contributed by atoms with van der Waals surface area (Å²) in [6.45, 7) is 3.25. The molecule has 0 saturated carbocycles. The van der Waals surface area contributed by atoms with Crippen LogP contribution in [-0.4, -0.2) is 16.9 Å². The van der Waals surface area contributed by atoms with Crippen LogP contribution in [0.5, 0.6) is 5.75 Å². The van der Waals surface area contributed by atoms with Gasteiger partial charge in [0, 0.05) is 32.0 Å². The summed E-state index contributed by atoms with van der Waals surface area (Å²) in [5.41, 5.74) is 0.662. The van der Waals surface area contributed by atoms with Gasteiger partial charge in [0.2, 0.25) is 0 Å². The number of hydrogen-bond donors (Lipinski definition) is 1. The van der Waals surface area contributed by atoms with Gasteiger partial charge in [-0.3, -0.25) is 11.8 Å². The number of phenols is 1. The van der Waals surface area contributed by atoms with Crippen molar-refractivity contribution >= 4 is 17.7 Å². The van der Waals surface area contributed by atoms with Crippen molar-refractivity contribution in [2.45, 2.75) is 0 Å². The molecule has 1 aromatic heterocycles. The van der Waals surface area contributed by atoms with Crippen LogP contribution in [0, 0.1) is 0 Å². The van der Waals surface area contributed by atoms with Crippen LogP contribution in [0.25, 0.3) is 10.9 Å². The number of phenolic OH excluding ortho intramolecular Hbond substituents is 1. The van der Waals surface area contributed by atoms with Gasteiger partial charge in [-0.2, -0.15) is 0 Å². The van der Waals surface area contributed by atoms with Gasteiger partial charge in [-0.15, -0.1) is 0 Å². The second kappa shape index (κ2) is 6.25. The van der Waals surface area contributed by atoms with Crippen molar-refractivity contribution < 1.29 is 30.3 Å². The summed E-state index contributed by atoms with van der Waals surface area (Å²) in [6.07, 6.45) is 1.67. The molecule has 0 fully saturated rings. The molecular formula is C10H8NO2Re-.